The van der Waals surface area contributed by atoms with E-state index in [1.807, 2.05) is 48.7 Å². The minimum atomic E-state index is -3.44. The largest absolute Gasteiger partial charge is 0.339 e. The normalized spacial score (nSPS) is 16.2. The van der Waals surface area contributed by atoms with E-state index in [1.165, 1.54) is 21.1 Å². The number of sulfonamides is 1. The molecule has 3 heterocycles. The Morgan fingerprint density at radius 2 is 2.00 bits per heavy atom. The average Bonchev–Trinajstić information content (AvgIpc) is 3.24. The number of nitrogens with zero attached hydrogens (tertiary/aromatic N) is 3. The van der Waals surface area contributed by atoms with Gasteiger partial charge < -0.3 is 4.52 Å². The van der Waals surface area contributed by atoms with E-state index in [9.17, 15) is 8.42 Å². The molecule has 0 bridgehead atoms. The average molecular weight is 387 g/mol. The summed E-state index contributed by atoms with van der Waals surface area (Å²) in [6, 6.07) is 11.5. The van der Waals surface area contributed by atoms with Crippen LogP contribution in [-0.2, 0) is 10.0 Å². The van der Waals surface area contributed by atoms with Crippen molar-refractivity contribution < 1.29 is 12.9 Å². The highest BCUT2D eigenvalue weighted by molar-refractivity contribution is 7.92. The summed E-state index contributed by atoms with van der Waals surface area (Å²) in [5.41, 5.74) is 1.99. The Labute approximate surface area is 155 Å². The molecular formula is C18H17N3O3S2. The van der Waals surface area contributed by atoms with Gasteiger partial charge in [-0.2, -0.15) is 9.29 Å². The summed E-state index contributed by atoms with van der Waals surface area (Å²) in [6.07, 6.45) is 1.61. The molecule has 1 fully saturated rings. The quantitative estimate of drug-likeness (QED) is 0.670. The van der Waals surface area contributed by atoms with E-state index in [0.29, 0.717) is 24.8 Å². The highest BCUT2D eigenvalue weighted by Gasteiger charge is 2.38. The third-order valence-corrected chi connectivity index (χ3v) is 6.61. The van der Waals surface area contributed by atoms with E-state index in [1.54, 1.807) is 6.08 Å². The van der Waals surface area contributed by atoms with Crippen LogP contribution in [0, 0.1) is 6.92 Å². The number of hydrogen-bond donors (Lipinski definition) is 0. The molecule has 3 aromatic rings. The van der Waals surface area contributed by atoms with Gasteiger partial charge in [0.2, 0.25) is 21.7 Å². The van der Waals surface area contributed by atoms with Crippen molar-refractivity contribution >= 4 is 27.4 Å². The second-order valence-electron chi connectivity index (χ2n) is 6.21. The van der Waals surface area contributed by atoms with Crippen LogP contribution >= 0.6 is 11.3 Å². The lowest BCUT2D eigenvalue weighted by atomic mass is 10.0. The third kappa shape index (κ3) is 3.48. The van der Waals surface area contributed by atoms with Crippen molar-refractivity contribution in [1.82, 2.24) is 14.4 Å². The van der Waals surface area contributed by atoms with Gasteiger partial charge in [0.05, 0.1) is 10.8 Å². The molecule has 0 atom stereocenters. The Kier molecular flexibility index (Phi) is 4.47. The summed E-state index contributed by atoms with van der Waals surface area (Å²) in [6.45, 7) is 2.70. The standard InChI is InChI=1S/C18H17N3O3S2/c1-13-4-6-14(7-5-13)8-10-26(22,23)21-11-15(12-21)18-19-17(20-24-18)16-3-2-9-25-16/h2-10,15H,11-12H2,1H3/b10-8+. The predicted molar refractivity (Wildman–Crippen MR) is 101 cm³/mol. The molecule has 4 rings (SSSR count). The minimum absolute atomic E-state index is 0.0567. The highest BCUT2D eigenvalue weighted by atomic mass is 32.2. The van der Waals surface area contributed by atoms with E-state index in [4.69, 9.17) is 4.52 Å². The van der Waals surface area contributed by atoms with Crippen LogP contribution in [0.25, 0.3) is 16.8 Å². The molecule has 0 unspecified atom stereocenters. The van der Waals surface area contributed by atoms with Gasteiger partial charge in [0.25, 0.3) is 0 Å². The van der Waals surface area contributed by atoms with Crippen LogP contribution in [0.4, 0.5) is 0 Å². The Hall–Kier alpha value is -2.29. The van der Waals surface area contributed by atoms with Gasteiger partial charge in [0.15, 0.2) is 0 Å². The number of aromatic nitrogens is 2. The fraction of sp³-hybridized carbons (Fsp3) is 0.222. The number of hydrogen-bond acceptors (Lipinski definition) is 6. The zero-order valence-electron chi connectivity index (χ0n) is 14.1. The molecule has 134 valence electrons. The predicted octanol–water partition coefficient (Wildman–Crippen LogP) is 3.51. The van der Waals surface area contributed by atoms with E-state index < -0.39 is 10.0 Å². The zero-order valence-corrected chi connectivity index (χ0v) is 15.7. The van der Waals surface area contributed by atoms with Gasteiger partial charge in [0.1, 0.15) is 0 Å². The number of benzene rings is 1. The number of thiophene rings is 1. The summed E-state index contributed by atoms with van der Waals surface area (Å²) in [5, 5.41) is 7.17. The molecule has 0 saturated carbocycles. The summed E-state index contributed by atoms with van der Waals surface area (Å²) in [5.74, 6) is 0.983. The van der Waals surface area contributed by atoms with Gasteiger partial charge >= 0.3 is 0 Å². The van der Waals surface area contributed by atoms with Gasteiger partial charge in [-0.1, -0.05) is 41.1 Å². The molecule has 2 aromatic heterocycles. The van der Waals surface area contributed by atoms with Crippen LogP contribution in [0.1, 0.15) is 22.9 Å². The Morgan fingerprint density at radius 3 is 2.69 bits per heavy atom. The van der Waals surface area contributed by atoms with Gasteiger partial charge in [-0.25, -0.2) is 8.42 Å². The fourth-order valence-corrected chi connectivity index (χ4v) is 4.56. The van der Waals surface area contributed by atoms with Crippen LogP contribution < -0.4 is 0 Å². The van der Waals surface area contributed by atoms with Crippen LogP contribution in [0.3, 0.4) is 0 Å². The lowest BCUT2D eigenvalue weighted by molar-refractivity contribution is 0.219. The molecule has 8 heteroatoms. The first kappa shape index (κ1) is 17.1. The first-order valence-corrected chi connectivity index (χ1v) is 10.5. The molecule has 0 N–H and O–H groups in total. The fourth-order valence-electron chi connectivity index (χ4n) is 2.64. The summed E-state index contributed by atoms with van der Waals surface area (Å²) in [4.78, 5) is 5.32. The zero-order chi connectivity index (χ0) is 18.1. The molecule has 0 spiro atoms. The first-order valence-electron chi connectivity index (χ1n) is 8.14. The molecule has 1 aromatic carbocycles. The van der Waals surface area contributed by atoms with Gasteiger partial charge in [-0.3, -0.25) is 0 Å². The summed E-state index contributed by atoms with van der Waals surface area (Å²) < 4.78 is 31.5. The molecule has 1 aliphatic heterocycles. The van der Waals surface area contributed by atoms with Gasteiger partial charge in [0, 0.05) is 18.5 Å². The van der Waals surface area contributed by atoms with Crippen LogP contribution in [-0.4, -0.2) is 36.0 Å². The second kappa shape index (κ2) is 6.79. The van der Waals surface area contributed by atoms with Crippen LogP contribution in [0.15, 0.2) is 51.7 Å². The van der Waals surface area contributed by atoms with Gasteiger partial charge in [-0.15, -0.1) is 11.3 Å². The number of rotatable bonds is 5. The van der Waals surface area contributed by atoms with Crippen molar-refractivity contribution in [2.45, 2.75) is 12.8 Å². The topological polar surface area (TPSA) is 76.3 Å². The van der Waals surface area contributed by atoms with Crippen molar-refractivity contribution in [3.8, 4) is 10.7 Å². The monoisotopic (exact) mass is 387 g/mol. The lowest BCUT2D eigenvalue weighted by Crippen LogP contribution is -2.47. The third-order valence-electron chi connectivity index (χ3n) is 4.25. The molecule has 6 nitrogen and oxygen atoms in total. The van der Waals surface area contributed by atoms with E-state index in [0.717, 1.165) is 16.0 Å². The Balaban J connectivity index is 1.40. The molecule has 0 amide bonds. The molecular weight excluding hydrogens is 370 g/mol. The maximum Gasteiger partial charge on any atom is 0.236 e. The smallest absolute Gasteiger partial charge is 0.236 e. The van der Waals surface area contributed by atoms with E-state index in [2.05, 4.69) is 10.1 Å². The van der Waals surface area contributed by atoms with E-state index in [-0.39, 0.29) is 5.92 Å². The van der Waals surface area contributed by atoms with Gasteiger partial charge in [-0.05, 0) is 30.0 Å². The number of aryl methyl sites for hydroxylation is 1. The molecule has 1 aliphatic rings. The second-order valence-corrected chi connectivity index (χ2v) is 8.97. The van der Waals surface area contributed by atoms with Crippen molar-refractivity contribution in [1.29, 1.82) is 0 Å². The van der Waals surface area contributed by atoms with E-state index >= 15 is 0 Å². The molecule has 1 saturated heterocycles. The maximum atomic E-state index is 12.4. The minimum Gasteiger partial charge on any atom is -0.339 e. The summed E-state index contributed by atoms with van der Waals surface area (Å²) >= 11 is 1.54. The Bertz CT molecular complexity index is 1020. The van der Waals surface area contributed by atoms with Crippen molar-refractivity contribution in [2.24, 2.45) is 0 Å². The van der Waals surface area contributed by atoms with Crippen LogP contribution in [0.2, 0.25) is 0 Å². The highest BCUT2D eigenvalue weighted by Crippen LogP contribution is 2.31. The van der Waals surface area contributed by atoms with Crippen LogP contribution in [0.5, 0.6) is 0 Å². The molecule has 0 aliphatic carbocycles. The SMILES string of the molecule is Cc1ccc(/C=C/S(=O)(=O)N2CC(c3nc(-c4cccs4)no3)C2)cc1. The van der Waals surface area contributed by atoms with Crippen molar-refractivity contribution in [3.05, 3.63) is 64.2 Å². The summed E-state index contributed by atoms with van der Waals surface area (Å²) in [7, 11) is -3.44. The Morgan fingerprint density at radius 1 is 1.23 bits per heavy atom. The lowest BCUT2D eigenvalue weighted by Gasteiger charge is -2.34. The molecule has 26 heavy (non-hydrogen) atoms. The van der Waals surface area contributed by atoms with Crippen molar-refractivity contribution in [3.63, 3.8) is 0 Å². The first-order chi connectivity index (χ1) is 12.5. The maximum absolute atomic E-state index is 12.4. The van der Waals surface area contributed by atoms with Crippen molar-refractivity contribution in [2.75, 3.05) is 13.1 Å². The molecule has 0 radical (unpaired) electrons.